The monoisotopic (exact) mass is 333 g/mol. The summed E-state index contributed by atoms with van der Waals surface area (Å²) in [5, 5.41) is 0. The van der Waals surface area contributed by atoms with Gasteiger partial charge in [-0.3, -0.25) is 4.79 Å². The van der Waals surface area contributed by atoms with Gasteiger partial charge in [-0.25, -0.2) is 4.98 Å². The summed E-state index contributed by atoms with van der Waals surface area (Å²) in [5.41, 5.74) is 4.48. The Kier molecular flexibility index (Phi) is 4.26. The van der Waals surface area contributed by atoms with Gasteiger partial charge in [-0.15, -0.1) is 0 Å². The molecule has 4 rings (SSSR count). The summed E-state index contributed by atoms with van der Waals surface area (Å²) in [7, 11) is 0. The number of fused-ring (bicyclic) bond motifs is 1. The Balaban J connectivity index is 1.46. The van der Waals surface area contributed by atoms with Gasteiger partial charge >= 0.3 is 0 Å². The van der Waals surface area contributed by atoms with Crippen molar-refractivity contribution in [1.29, 1.82) is 0 Å². The molecule has 1 fully saturated rings. The Bertz CT molecular complexity index is 849. The summed E-state index contributed by atoms with van der Waals surface area (Å²) < 4.78 is 0. The molecule has 1 saturated heterocycles. The average molecular weight is 333 g/mol. The second-order valence-corrected chi connectivity index (χ2v) is 6.87. The summed E-state index contributed by atoms with van der Waals surface area (Å²) in [4.78, 5) is 22.9. The normalized spacial score (nSPS) is 17.3. The predicted molar refractivity (Wildman–Crippen MR) is 99.3 cm³/mol. The number of likely N-dealkylation sites (tertiary alicyclic amines) is 1. The van der Waals surface area contributed by atoms with E-state index in [2.05, 4.69) is 36.2 Å². The van der Waals surface area contributed by atoms with Crippen LogP contribution in [0.3, 0.4) is 0 Å². The number of benzene rings is 2. The molecule has 128 valence electrons. The molecule has 0 spiro atoms. The summed E-state index contributed by atoms with van der Waals surface area (Å²) in [5.74, 6) is 1.14. The first-order valence-corrected chi connectivity index (χ1v) is 9.00. The fourth-order valence-electron chi connectivity index (χ4n) is 3.63. The number of amides is 1. The van der Waals surface area contributed by atoms with E-state index in [1.165, 1.54) is 11.1 Å². The SMILES string of the molecule is Cc1ccc(CCC(=O)N2CCCC2c2nc3ccccc3[nH]2)cc1. The van der Waals surface area contributed by atoms with Crippen molar-refractivity contribution in [1.82, 2.24) is 14.9 Å². The molecule has 3 aromatic rings. The van der Waals surface area contributed by atoms with Crippen LogP contribution in [0.1, 0.15) is 42.3 Å². The maximum absolute atomic E-state index is 12.8. The van der Waals surface area contributed by atoms with Crippen LogP contribution >= 0.6 is 0 Å². The Hall–Kier alpha value is -2.62. The summed E-state index contributed by atoms with van der Waals surface area (Å²) in [6, 6.07) is 16.6. The van der Waals surface area contributed by atoms with Crippen LogP contribution in [0.5, 0.6) is 0 Å². The molecule has 2 aromatic carbocycles. The minimum Gasteiger partial charge on any atom is -0.340 e. The molecule has 0 radical (unpaired) electrons. The van der Waals surface area contributed by atoms with Crippen molar-refractivity contribution >= 4 is 16.9 Å². The van der Waals surface area contributed by atoms with Gasteiger partial charge in [0.1, 0.15) is 5.82 Å². The van der Waals surface area contributed by atoms with E-state index in [4.69, 9.17) is 4.98 Å². The van der Waals surface area contributed by atoms with Gasteiger partial charge in [-0.1, -0.05) is 42.0 Å². The topological polar surface area (TPSA) is 49.0 Å². The lowest BCUT2D eigenvalue weighted by molar-refractivity contribution is -0.132. The van der Waals surface area contributed by atoms with Gasteiger partial charge in [0, 0.05) is 13.0 Å². The number of hydrogen-bond acceptors (Lipinski definition) is 2. The number of nitrogens with one attached hydrogen (secondary N) is 1. The van der Waals surface area contributed by atoms with E-state index in [-0.39, 0.29) is 11.9 Å². The van der Waals surface area contributed by atoms with E-state index in [1.54, 1.807) is 0 Å². The maximum Gasteiger partial charge on any atom is 0.223 e. The fraction of sp³-hybridized carbons (Fsp3) is 0.333. The first kappa shape index (κ1) is 15.9. The van der Waals surface area contributed by atoms with E-state index < -0.39 is 0 Å². The molecule has 0 bridgehead atoms. The molecule has 1 N–H and O–H groups in total. The van der Waals surface area contributed by atoms with Crippen LogP contribution in [-0.4, -0.2) is 27.3 Å². The Morgan fingerprint density at radius 2 is 2.00 bits per heavy atom. The number of carbonyl (C=O) groups excluding carboxylic acids is 1. The van der Waals surface area contributed by atoms with Crippen molar-refractivity contribution in [2.75, 3.05) is 6.54 Å². The highest BCUT2D eigenvalue weighted by atomic mass is 16.2. The summed E-state index contributed by atoms with van der Waals surface area (Å²) >= 11 is 0. The fourth-order valence-corrected chi connectivity index (χ4v) is 3.63. The van der Waals surface area contributed by atoms with E-state index in [1.807, 2.05) is 29.2 Å². The zero-order valence-electron chi connectivity index (χ0n) is 14.5. The van der Waals surface area contributed by atoms with Gasteiger partial charge in [0.05, 0.1) is 17.1 Å². The zero-order valence-corrected chi connectivity index (χ0v) is 14.5. The smallest absolute Gasteiger partial charge is 0.223 e. The first-order valence-electron chi connectivity index (χ1n) is 9.00. The molecule has 4 nitrogen and oxygen atoms in total. The standard InChI is InChI=1S/C21H23N3O/c1-15-8-10-16(11-9-15)12-13-20(25)24-14-4-7-19(24)21-22-17-5-2-3-6-18(17)23-21/h2-3,5-6,8-11,19H,4,7,12-14H2,1H3,(H,22,23). The van der Waals surface area contributed by atoms with E-state index in [9.17, 15) is 4.79 Å². The highest BCUT2D eigenvalue weighted by Crippen LogP contribution is 2.32. The molecule has 2 heterocycles. The third-order valence-electron chi connectivity index (χ3n) is 5.04. The van der Waals surface area contributed by atoms with Crippen molar-refractivity contribution in [3.63, 3.8) is 0 Å². The van der Waals surface area contributed by atoms with Crippen LogP contribution in [0.15, 0.2) is 48.5 Å². The number of aromatic amines is 1. The zero-order chi connectivity index (χ0) is 17.2. The highest BCUT2D eigenvalue weighted by Gasteiger charge is 2.31. The van der Waals surface area contributed by atoms with Gasteiger partial charge in [0.15, 0.2) is 0 Å². The molecule has 1 unspecified atom stereocenters. The average Bonchev–Trinajstić information content (AvgIpc) is 3.27. The summed E-state index contributed by atoms with van der Waals surface area (Å²) in [6.07, 6.45) is 3.37. The molecule has 1 amide bonds. The Labute approximate surface area is 147 Å². The number of nitrogens with zero attached hydrogens (tertiary/aromatic N) is 2. The lowest BCUT2D eigenvalue weighted by atomic mass is 10.1. The van der Waals surface area contributed by atoms with E-state index >= 15 is 0 Å². The molecule has 0 aliphatic carbocycles. The van der Waals surface area contributed by atoms with Crippen molar-refractivity contribution in [2.24, 2.45) is 0 Å². The molecule has 1 aromatic heterocycles. The number of aryl methyl sites for hydroxylation is 2. The first-order chi connectivity index (χ1) is 12.2. The number of para-hydroxylation sites is 2. The number of aromatic nitrogens is 2. The third kappa shape index (κ3) is 3.29. The lowest BCUT2D eigenvalue weighted by Crippen LogP contribution is -2.31. The quantitative estimate of drug-likeness (QED) is 0.779. The Morgan fingerprint density at radius 1 is 1.20 bits per heavy atom. The van der Waals surface area contributed by atoms with Crippen LogP contribution in [0, 0.1) is 6.92 Å². The van der Waals surface area contributed by atoms with Gasteiger partial charge in [0.25, 0.3) is 0 Å². The minimum atomic E-state index is 0.0814. The molecule has 4 heteroatoms. The second-order valence-electron chi connectivity index (χ2n) is 6.87. The van der Waals surface area contributed by atoms with Crippen molar-refractivity contribution in [2.45, 2.75) is 38.6 Å². The van der Waals surface area contributed by atoms with Gasteiger partial charge in [0.2, 0.25) is 5.91 Å². The predicted octanol–water partition coefficient (Wildman–Crippen LogP) is 4.17. The molecular formula is C21H23N3O. The highest BCUT2D eigenvalue weighted by molar-refractivity contribution is 5.78. The van der Waals surface area contributed by atoms with Crippen molar-refractivity contribution in [3.8, 4) is 0 Å². The molecule has 1 atom stereocenters. The third-order valence-corrected chi connectivity index (χ3v) is 5.04. The lowest BCUT2D eigenvalue weighted by Gasteiger charge is -2.23. The molecule has 1 aliphatic rings. The number of hydrogen-bond donors (Lipinski definition) is 1. The van der Waals surface area contributed by atoms with Crippen LogP contribution in [0.4, 0.5) is 0 Å². The van der Waals surface area contributed by atoms with Gasteiger partial charge in [-0.2, -0.15) is 0 Å². The number of carbonyl (C=O) groups is 1. The number of imidazole rings is 1. The number of rotatable bonds is 4. The largest absolute Gasteiger partial charge is 0.340 e. The maximum atomic E-state index is 12.8. The van der Waals surface area contributed by atoms with Crippen LogP contribution < -0.4 is 0 Å². The van der Waals surface area contributed by atoms with E-state index in [0.717, 1.165) is 42.7 Å². The van der Waals surface area contributed by atoms with Crippen molar-refractivity contribution in [3.05, 3.63) is 65.5 Å². The minimum absolute atomic E-state index is 0.0814. The summed E-state index contributed by atoms with van der Waals surface area (Å²) in [6.45, 7) is 2.91. The van der Waals surface area contributed by atoms with E-state index in [0.29, 0.717) is 6.42 Å². The molecular weight excluding hydrogens is 310 g/mol. The number of H-pyrrole nitrogens is 1. The van der Waals surface area contributed by atoms with Crippen LogP contribution in [0.25, 0.3) is 11.0 Å². The second kappa shape index (κ2) is 6.71. The van der Waals surface area contributed by atoms with Crippen molar-refractivity contribution < 1.29 is 4.79 Å². The van der Waals surface area contributed by atoms with Gasteiger partial charge in [-0.05, 0) is 43.9 Å². The van der Waals surface area contributed by atoms with Gasteiger partial charge < -0.3 is 9.88 Å². The van der Waals surface area contributed by atoms with Crippen LogP contribution in [0.2, 0.25) is 0 Å². The Morgan fingerprint density at radius 3 is 2.80 bits per heavy atom. The van der Waals surface area contributed by atoms with Crippen LogP contribution in [-0.2, 0) is 11.2 Å². The molecule has 25 heavy (non-hydrogen) atoms. The molecule has 0 saturated carbocycles. The molecule has 1 aliphatic heterocycles.